The molecule has 0 unspecified atom stereocenters. The van der Waals surface area contributed by atoms with Crippen molar-refractivity contribution in [3.05, 3.63) is 60.4 Å². The van der Waals surface area contributed by atoms with Crippen LogP contribution in [0.1, 0.15) is 31.9 Å². The minimum atomic E-state index is -0.359. The number of halogens is 1. The number of aromatic nitrogens is 2. The number of piperidine rings is 1. The molecule has 1 N–H and O–H groups in total. The first kappa shape index (κ1) is 20.4. The number of hydrogen-bond donors (Lipinski definition) is 1. The van der Waals surface area contributed by atoms with Gasteiger partial charge in [0.15, 0.2) is 0 Å². The summed E-state index contributed by atoms with van der Waals surface area (Å²) in [5, 5.41) is 5.52. The Kier molecular flexibility index (Phi) is 6.33. The van der Waals surface area contributed by atoms with Crippen molar-refractivity contribution in [2.45, 2.75) is 38.6 Å². The van der Waals surface area contributed by atoms with Gasteiger partial charge in [0, 0.05) is 42.5 Å². The number of amides is 1. The van der Waals surface area contributed by atoms with E-state index in [4.69, 9.17) is 0 Å². The van der Waals surface area contributed by atoms with Crippen LogP contribution in [0.2, 0.25) is 0 Å². The Balaban J connectivity index is 1.45. The van der Waals surface area contributed by atoms with Crippen molar-refractivity contribution in [3.63, 3.8) is 0 Å². The first-order valence-electron chi connectivity index (χ1n) is 10.6. The highest BCUT2D eigenvalue weighted by molar-refractivity contribution is 5.88. The number of hydrogen-bond acceptors (Lipinski definition) is 4. The number of nitrogens with zero attached hydrogens (tertiary/aromatic N) is 3. The third-order valence-electron chi connectivity index (χ3n) is 5.68. The number of carbonyl (C=O) groups is 1. The monoisotopic (exact) mass is 406 g/mol. The molecule has 1 aliphatic rings. The van der Waals surface area contributed by atoms with Crippen LogP contribution < -0.4 is 5.32 Å². The second-order valence-corrected chi connectivity index (χ2v) is 7.92. The highest BCUT2D eigenvalue weighted by atomic mass is 19.1. The summed E-state index contributed by atoms with van der Waals surface area (Å²) in [6, 6.07) is 9.83. The molecule has 0 aliphatic carbocycles. The van der Waals surface area contributed by atoms with Gasteiger partial charge in [-0.3, -0.25) is 14.8 Å². The van der Waals surface area contributed by atoms with Crippen LogP contribution in [0.3, 0.4) is 0 Å². The van der Waals surface area contributed by atoms with Gasteiger partial charge in [-0.25, -0.2) is 4.39 Å². The Labute approximate surface area is 176 Å². The van der Waals surface area contributed by atoms with Gasteiger partial charge in [-0.2, -0.15) is 0 Å². The minimum absolute atomic E-state index is 0.126. The van der Waals surface area contributed by atoms with E-state index in [2.05, 4.69) is 22.2 Å². The first-order valence-corrected chi connectivity index (χ1v) is 10.6. The molecule has 4 rings (SSSR count). The van der Waals surface area contributed by atoms with E-state index in [-0.39, 0.29) is 11.7 Å². The fraction of sp³-hybridized carbons (Fsp3) is 0.375. The largest absolute Gasteiger partial charge is 0.342 e. The molecule has 5 nitrogen and oxygen atoms in total. The predicted octanol–water partition coefficient (Wildman–Crippen LogP) is 3.97. The molecule has 1 aliphatic heterocycles. The number of carbonyl (C=O) groups excluding carboxylic acids is 1. The molecule has 1 saturated heterocycles. The number of rotatable bonds is 6. The zero-order chi connectivity index (χ0) is 20.9. The Morgan fingerprint density at radius 2 is 1.93 bits per heavy atom. The molecule has 2 aromatic heterocycles. The summed E-state index contributed by atoms with van der Waals surface area (Å²) in [7, 11) is 0. The fourth-order valence-corrected chi connectivity index (χ4v) is 3.98. The Hall–Kier alpha value is -2.86. The molecule has 3 heterocycles. The van der Waals surface area contributed by atoms with Gasteiger partial charge < -0.3 is 10.2 Å². The van der Waals surface area contributed by atoms with Crippen molar-refractivity contribution in [1.82, 2.24) is 20.2 Å². The van der Waals surface area contributed by atoms with E-state index in [0.717, 1.165) is 66.5 Å². The second-order valence-electron chi connectivity index (χ2n) is 7.92. The minimum Gasteiger partial charge on any atom is -0.342 e. The number of pyridine rings is 2. The summed E-state index contributed by atoms with van der Waals surface area (Å²) in [5.74, 6) is -0.233. The normalized spacial score (nSPS) is 14.9. The van der Waals surface area contributed by atoms with E-state index < -0.39 is 0 Å². The molecule has 156 valence electrons. The van der Waals surface area contributed by atoms with E-state index in [1.54, 1.807) is 12.4 Å². The molecule has 0 radical (unpaired) electrons. The molecular weight excluding hydrogens is 379 g/mol. The average Bonchev–Trinajstić information content (AvgIpc) is 2.77. The standard InChI is InChI=1S/C24H27FN4O/c1-2-7-27-22-5-8-29(9-6-22)24(30)13-23-12-19-10-17(3-4-18(19)15-28-23)20-11-21(25)16-26-14-20/h3-4,10-12,14-16,22,27H,2,5-9,13H2,1H3. The molecule has 1 fully saturated rings. The molecule has 6 heteroatoms. The van der Waals surface area contributed by atoms with Crippen molar-refractivity contribution in [1.29, 1.82) is 0 Å². The smallest absolute Gasteiger partial charge is 0.228 e. The quantitative estimate of drug-likeness (QED) is 0.673. The van der Waals surface area contributed by atoms with Crippen LogP contribution in [0, 0.1) is 5.82 Å². The Morgan fingerprint density at radius 3 is 2.70 bits per heavy atom. The van der Waals surface area contributed by atoms with Gasteiger partial charge in [0.2, 0.25) is 5.91 Å². The zero-order valence-electron chi connectivity index (χ0n) is 17.3. The molecule has 1 aromatic carbocycles. The van der Waals surface area contributed by atoms with Crippen LogP contribution in [-0.4, -0.2) is 46.5 Å². The third-order valence-corrected chi connectivity index (χ3v) is 5.68. The summed E-state index contributed by atoms with van der Waals surface area (Å²) in [5.41, 5.74) is 2.37. The van der Waals surface area contributed by atoms with Gasteiger partial charge in [0.1, 0.15) is 5.82 Å². The van der Waals surface area contributed by atoms with Crippen molar-refractivity contribution in [2.24, 2.45) is 0 Å². The summed E-state index contributed by atoms with van der Waals surface area (Å²) >= 11 is 0. The number of likely N-dealkylation sites (tertiary alicyclic amines) is 1. The number of nitrogens with one attached hydrogen (secondary N) is 1. The first-order chi connectivity index (χ1) is 14.6. The highest BCUT2D eigenvalue weighted by Gasteiger charge is 2.22. The molecule has 0 atom stereocenters. The maximum Gasteiger partial charge on any atom is 0.228 e. The zero-order valence-corrected chi connectivity index (χ0v) is 17.3. The van der Waals surface area contributed by atoms with Gasteiger partial charge in [0.25, 0.3) is 0 Å². The highest BCUT2D eigenvalue weighted by Crippen LogP contribution is 2.25. The van der Waals surface area contributed by atoms with Crippen LogP contribution in [-0.2, 0) is 11.2 Å². The van der Waals surface area contributed by atoms with E-state index in [0.29, 0.717) is 12.5 Å². The maximum absolute atomic E-state index is 13.5. The Morgan fingerprint density at radius 1 is 1.10 bits per heavy atom. The van der Waals surface area contributed by atoms with Gasteiger partial charge in [-0.1, -0.05) is 19.1 Å². The van der Waals surface area contributed by atoms with Crippen molar-refractivity contribution in [2.75, 3.05) is 19.6 Å². The SMILES string of the molecule is CCCNC1CCN(C(=O)Cc2cc3cc(-c4cncc(F)c4)ccc3cn2)CC1. The molecule has 3 aromatic rings. The molecule has 30 heavy (non-hydrogen) atoms. The van der Waals surface area contributed by atoms with Gasteiger partial charge in [0.05, 0.1) is 18.3 Å². The van der Waals surface area contributed by atoms with Gasteiger partial charge in [-0.15, -0.1) is 0 Å². The third kappa shape index (κ3) is 4.82. The van der Waals surface area contributed by atoms with Gasteiger partial charge >= 0.3 is 0 Å². The van der Waals surface area contributed by atoms with Crippen LogP contribution in [0.15, 0.2) is 48.9 Å². The van der Waals surface area contributed by atoms with Crippen LogP contribution in [0.5, 0.6) is 0 Å². The molecular formula is C24H27FN4O. The molecule has 0 saturated carbocycles. The Bertz CT molecular complexity index is 1030. The number of benzene rings is 1. The molecule has 0 bridgehead atoms. The molecule has 1 amide bonds. The topological polar surface area (TPSA) is 58.1 Å². The van der Waals surface area contributed by atoms with E-state index in [1.165, 1.54) is 12.3 Å². The maximum atomic E-state index is 13.5. The second kappa shape index (κ2) is 9.30. The van der Waals surface area contributed by atoms with E-state index in [9.17, 15) is 9.18 Å². The van der Waals surface area contributed by atoms with Crippen molar-refractivity contribution >= 4 is 16.7 Å². The lowest BCUT2D eigenvalue weighted by atomic mass is 10.0. The van der Waals surface area contributed by atoms with E-state index in [1.807, 2.05) is 29.2 Å². The predicted molar refractivity (Wildman–Crippen MR) is 117 cm³/mol. The fourth-order valence-electron chi connectivity index (χ4n) is 3.98. The lowest BCUT2D eigenvalue weighted by molar-refractivity contribution is -0.131. The molecule has 0 spiro atoms. The average molecular weight is 407 g/mol. The van der Waals surface area contributed by atoms with Crippen LogP contribution in [0.25, 0.3) is 21.9 Å². The number of fused-ring (bicyclic) bond motifs is 1. The van der Waals surface area contributed by atoms with Crippen molar-refractivity contribution < 1.29 is 9.18 Å². The van der Waals surface area contributed by atoms with Gasteiger partial charge in [-0.05, 0) is 55.0 Å². The van der Waals surface area contributed by atoms with E-state index >= 15 is 0 Å². The van der Waals surface area contributed by atoms with Crippen molar-refractivity contribution in [3.8, 4) is 11.1 Å². The summed E-state index contributed by atoms with van der Waals surface area (Å²) in [6.07, 6.45) is 8.07. The summed E-state index contributed by atoms with van der Waals surface area (Å²) in [4.78, 5) is 23.1. The summed E-state index contributed by atoms with van der Waals surface area (Å²) < 4.78 is 13.5. The van der Waals surface area contributed by atoms with Crippen LogP contribution >= 0.6 is 0 Å². The lowest BCUT2D eigenvalue weighted by Gasteiger charge is -2.32. The van der Waals surface area contributed by atoms with Crippen LogP contribution in [0.4, 0.5) is 4.39 Å². The summed E-state index contributed by atoms with van der Waals surface area (Å²) in [6.45, 7) is 4.79. The lowest BCUT2D eigenvalue weighted by Crippen LogP contribution is -2.45.